The van der Waals surface area contributed by atoms with Crippen LogP contribution in [0.25, 0.3) is 0 Å². The molecule has 108 valence electrons. The lowest BCUT2D eigenvalue weighted by atomic mass is 10.3. The lowest BCUT2D eigenvalue weighted by Crippen LogP contribution is -2.29. The molecule has 0 spiro atoms. The van der Waals surface area contributed by atoms with Crippen molar-refractivity contribution < 1.29 is 13.2 Å². The van der Waals surface area contributed by atoms with Gasteiger partial charge in [0.05, 0.1) is 5.56 Å². The maximum atomic E-state index is 12.3. The van der Waals surface area contributed by atoms with Gasteiger partial charge in [-0.15, -0.1) is 0 Å². The number of rotatable bonds is 7. The van der Waals surface area contributed by atoms with Crippen molar-refractivity contribution in [3.05, 3.63) is 23.9 Å². The molecular weight excluding hydrogens is 255 g/mol. The van der Waals surface area contributed by atoms with Gasteiger partial charge >= 0.3 is 6.18 Å². The van der Waals surface area contributed by atoms with Crippen molar-refractivity contribution in [2.24, 2.45) is 0 Å². The minimum Gasteiger partial charge on any atom is -0.369 e. The fourth-order valence-corrected chi connectivity index (χ4v) is 1.75. The van der Waals surface area contributed by atoms with Gasteiger partial charge in [0.25, 0.3) is 0 Å². The summed E-state index contributed by atoms with van der Waals surface area (Å²) < 4.78 is 37.0. The fourth-order valence-electron chi connectivity index (χ4n) is 1.75. The number of aromatic nitrogens is 1. The normalized spacial score (nSPS) is 11.9. The van der Waals surface area contributed by atoms with E-state index in [-0.39, 0.29) is 0 Å². The van der Waals surface area contributed by atoms with Gasteiger partial charge in [-0.2, -0.15) is 13.2 Å². The summed E-state index contributed by atoms with van der Waals surface area (Å²) in [6.07, 6.45) is -2.38. The molecule has 0 aliphatic carbocycles. The number of hydrogen-bond acceptors (Lipinski definition) is 3. The zero-order chi connectivity index (χ0) is 14.3. The minimum absolute atomic E-state index is 0.473. The van der Waals surface area contributed by atoms with Crippen LogP contribution in [-0.2, 0) is 6.18 Å². The molecule has 1 heterocycles. The molecule has 3 nitrogen and oxygen atoms in total. The minimum atomic E-state index is -4.33. The van der Waals surface area contributed by atoms with E-state index in [1.54, 1.807) is 0 Å². The van der Waals surface area contributed by atoms with E-state index in [2.05, 4.69) is 29.0 Å². The lowest BCUT2D eigenvalue weighted by Gasteiger charge is -2.19. The molecule has 0 bridgehead atoms. The summed E-state index contributed by atoms with van der Waals surface area (Å²) in [6, 6.07) is 2.40. The first-order valence-electron chi connectivity index (χ1n) is 6.46. The molecule has 0 saturated heterocycles. The van der Waals surface area contributed by atoms with E-state index in [0.717, 1.165) is 38.3 Å². The molecule has 0 aliphatic heterocycles. The van der Waals surface area contributed by atoms with Gasteiger partial charge in [-0.3, -0.25) is 0 Å². The highest BCUT2D eigenvalue weighted by Gasteiger charge is 2.30. The Morgan fingerprint density at radius 3 is 2.42 bits per heavy atom. The molecule has 0 unspecified atom stereocenters. The molecule has 0 amide bonds. The predicted molar refractivity (Wildman–Crippen MR) is 70.1 cm³/mol. The Bertz CT molecular complexity index is 362. The van der Waals surface area contributed by atoms with E-state index in [4.69, 9.17) is 0 Å². The Morgan fingerprint density at radius 2 is 1.95 bits per heavy atom. The van der Waals surface area contributed by atoms with Crippen LogP contribution < -0.4 is 5.32 Å². The standard InChI is InChI=1S/C13H20F3N3/c1-3-8-19(4-2)9-7-17-12-6-5-11(10-18-12)13(14,15)16/h5-6,10H,3-4,7-9H2,1-2H3,(H,17,18). The monoisotopic (exact) mass is 275 g/mol. The summed E-state index contributed by atoms with van der Waals surface area (Å²) in [4.78, 5) is 6.04. The third kappa shape index (κ3) is 5.46. The summed E-state index contributed by atoms with van der Waals surface area (Å²) in [5.41, 5.74) is -0.723. The average molecular weight is 275 g/mol. The zero-order valence-corrected chi connectivity index (χ0v) is 11.3. The van der Waals surface area contributed by atoms with Crippen LogP contribution in [0.5, 0.6) is 0 Å². The summed E-state index contributed by atoms with van der Waals surface area (Å²) >= 11 is 0. The number of hydrogen-bond donors (Lipinski definition) is 1. The van der Waals surface area contributed by atoms with Crippen LogP contribution in [0.3, 0.4) is 0 Å². The Kier molecular flexibility index (Phi) is 6.08. The molecule has 1 N–H and O–H groups in total. The van der Waals surface area contributed by atoms with Crippen LogP contribution in [0, 0.1) is 0 Å². The van der Waals surface area contributed by atoms with E-state index >= 15 is 0 Å². The lowest BCUT2D eigenvalue weighted by molar-refractivity contribution is -0.137. The van der Waals surface area contributed by atoms with Gasteiger partial charge in [0.2, 0.25) is 0 Å². The van der Waals surface area contributed by atoms with Crippen LogP contribution in [-0.4, -0.2) is 36.1 Å². The summed E-state index contributed by atoms with van der Waals surface area (Å²) in [5, 5.41) is 3.03. The second-order valence-electron chi connectivity index (χ2n) is 4.29. The number of pyridine rings is 1. The number of alkyl halides is 3. The molecule has 0 saturated carbocycles. The Morgan fingerprint density at radius 1 is 1.21 bits per heavy atom. The maximum absolute atomic E-state index is 12.3. The van der Waals surface area contributed by atoms with E-state index in [9.17, 15) is 13.2 Å². The number of likely N-dealkylation sites (N-methyl/N-ethyl adjacent to an activating group) is 1. The molecular formula is C13H20F3N3. The SMILES string of the molecule is CCCN(CC)CCNc1ccc(C(F)(F)F)cn1. The van der Waals surface area contributed by atoms with Crippen molar-refractivity contribution in [3.8, 4) is 0 Å². The number of nitrogens with one attached hydrogen (secondary N) is 1. The van der Waals surface area contributed by atoms with Gasteiger partial charge in [-0.1, -0.05) is 13.8 Å². The molecule has 19 heavy (non-hydrogen) atoms. The topological polar surface area (TPSA) is 28.2 Å². The predicted octanol–water partition coefficient (Wildman–Crippen LogP) is 3.24. The van der Waals surface area contributed by atoms with E-state index < -0.39 is 11.7 Å². The van der Waals surface area contributed by atoms with Crippen LogP contribution in [0.2, 0.25) is 0 Å². The molecule has 1 aromatic rings. The van der Waals surface area contributed by atoms with Crippen LogP contribution >= 0.6 is 0 Å². The fraction of sp³-hybridized carbons (Fsp3) is 0.615. The summed E-state index contributed by atoms with van der Waals surface area (Å²) in [6.45, 7) is 7.73. The highest BCUT2D eigenvalue weighted by Crippen LogP contribution is 2.28. The second-order valence-corrected chi connectivity index (χ2v) is 4.29. The van der Waals surface area contributed by atoms with E-state index in [1.165, 1.54) is 6.07 Å². The highest BCUT2D eigenvalue weighted by molar-refractivity contribution is 5.36. The van der Waals surface area contributed by atoms with E-state index in [0.29, 0.717) is 12.4 Å². The number of halogens is 3. The quantitative estimate of drug-likeness (QED) is 0.828. The Hall–Kier alpha value is -1.30. The molecule has 6 heteroatoms. The first kappa shape index (κ1) is 15.8. The Labute approximate surface area is 111 Å². The Balaban J connectivity index is 2.42. The zero-order valence-electron chi connectivity index (χ0n) is 11.3. The van der Waals surface area contributed by atoms with Gasteiger partial charge in [0.1, 0.15) is 5.82 Å². The first-order chi connectivity index (χ1) is 8.97. The van der Waals surface area contributed by atoms with E-state index in [1.807, 2.05) is 0 Å². The smallest absolute Gasteiger partial charge is 0.369 e. The van der Waals surface area contributed by atoms with Gasteiger partial charge in [0.15, 0.2) is 0 Å². The largest absolute Gasteiger partial charge is 0.417 e. The first-order valence-corrected chi connectivity index (χ1v) is 6.46. The van der Waals surface area contributed by atoms with Crippen molar-refractivity contribution in [2.45, 2.75) is 26.4 Å². The molecule has 0 aliphatic rings. The molecule has 0 radical (unpaired) electrons. The van der Waals surface area contributed by atoms with Crippen molar-refractivity contribution in [1.29, 1.82) is 0 Å². The molecule has 0 fully saturated rings. The molecule has 1 rings (SSSR count). The van der Waals surface area contributed by atoms with Crippen molar-refractivity contribution in [2.75, 3.05) is 31.5 Å². The number of nitrogens with zero attached hydrogens (tertiary/aromatic N) is 2. The van der Waals surface area contributed by atoms with Gasteiger partial charge in [0, 0.05) is 19.3 Å². The van der Waals surface area contributed by atoms with Gasteiger partial charge in [-0.05, 0) is 31.6 Å². The van der Waals surface area contributed by atoms with Crippen LogP contribution in [0.1, 0.15) is 25.8 Å². The van der Waals surface area contributed by atoms with Crippen molar-refractivity contribution >= 4 is 5.82 Å². The number of anilines is 1. The van der Waals surface area contributed by atoms with Crippen molar-refractivity contribution in [3.63, 3.8) is 0 Å². The van der Waals surface area contributed by atoms with Crippen LogP contribution in [0.4, 0.5) is 19.0 Å². The van der Waals surface area contributed by atoms with Crippen LogP contribution in [0.15, 0.2) is 18.3 Å². The molecule has 0 atom stereocenters. The third-order valence-corrected chi connectivity index (χ3v) is 2.81. The van der Waals surface area contributed by atoms with Gasteiger partial charge < -0.3 is 10.2 Å². The molecule has 1 aromatic heterocycles. The van der Waals surface area contributed by atoms with Gasteiger partial charge in [-0.25, -0.2) is 4.98 Å². The third-order valence-electron chi connectivity index (χ3n) is 2.81. The van der Waals surface area contributed by atoms with Crippen molar-refractivity contribution in [1.82, 2.24) is 9.88 Å². The highest BCUT2D eigenvalue weighted by atomic mass is 19.4. The average Bonchev–Trinajstić information content (AvgIpc) is 2.37. The maximum Gasteiger partial charge on any atom is 0.417 e. The second kappa shape index (κ2) is 7.33. The molecule has 0 aromatic carbocycles. The summed E-state index contributed by atoms with van der Waals surface area (Å²) in [7, 11) is 0. The summed E-state index contributed by atoms with van der Waals surface area (Å²) in [5.74, 6) is 0.473.